The Hall–Kier alpha value is -2.30. The first-order chi connectivity index (χ1) is 8.90. The molecule has 0 aliphatic heterocycles. The van der Waals surface area contributed by atoms with Gasteiger partial charge < -0.3 is 15.5 Å². The van der Waals surface area contributed by atoms with E-state index in [-0.39, 0.29) is 11.6 Å². The third-order valence-corrected chi connectivity index (χ3v) is 3.05. The van der Waals surface area contributed by atoms with E-state index in [1.807, 2.05) is 6.92 Å². The molecule has 0 aliphatic carbocycles. The highest BCUT2D eigenvalue weighted by Gasteiger charge is 2.18. The Morgan fingerprint density at radius 1 is 1.26 bits per heavy atom. The maximum atomic E-state index is 13.3. The van der Waals surface area contributed by atoms with Crippen LogP contribution >= 0.6 is 0 Å². The summed E-state index contributed by atoms with van der Waals surface area (Å²) in [5, 5.41) is 2.63. The number of hydrogen-bond acceptors (Lipinski definition) is 3. The minimum atomic E-state index is -0.561. The van der Waals surface area contributed by atoms with E-state index in [4.69, 9.17) is 10.2 Å². The molecule has 2 aromatic rings. The van der Waals surface area contributed by atoms with Gasteiger partial charge in [0, 0.05) is 11.3 Å². The van der Waals surface area contributed by atoms with Crippen molar-refractivity contribution in [3.8, 4) is 0 Å². The molecule has 1 aromatic carbocycles. The van der Waals surface area contributed by atoms with Gasteiger partial charge in [0.15, 0.2) is 0 Å². The lowest BCUT2D eigenvalue weighted by Gasteiger charge is -2.06. The summed E-state index contributed by atoms with van der Waals surface area (Å²) in [4.78, 5) is 12.1. The number of furan rings is 1. The lowest BCUT2D eigenvalue weighted by Crippen LogP contribution is -2.13. The molecule has 100 valence electrons. The second kappa shape index (κ2) is 4.76. The molecule has 4 nitrogen and oxygen atoms in total. The second-order valence-corrected chi connectivity index (χ2v) is 4.40. The maximum absolute atomic E-state index is 13.3. The summed E-state index contributed by atoms with van der Waals surface area (Å²) >= 11 is 0. The van der Waals surface area contributed by atoms with E-state index in [1.54, 1.807) is 19.9 Å². The van der Waals surface area contributed by atoms with Crippen LogP contribution in [0, 0.1) is 26.6 Å². The first kappa shape index (κ1) is 13.1. The van der Waals surface area contributed by atoms with Crippen molar-refractivity contribution in [2.75, 3.05) is 11.1 Å². The zero-order valence-corrected chi connectivity index (χ0v) is 11.0. The maximum Gasteiger partial charge on any atom is 0.259 e. The molecule has 1 aromatic heterocycles. The predicted octanol–water partition coefficient (Wildman–Crippen LogP) is 3.18. The van der Waals surface area contributed by atoms with E-state index in [2.05, 4.69) is 5.32 Å². The van der Waals surface area contributed by atoms with Gasteiger partial charge in [-0.05, 0) is 39.0 Å². The number of carbonyl (C=O) groups excluding carboxylic acids is 1. The SMILES string of the molecule is Cc1oc(C)c(C(=O)Nc2ccc(N)c(F)c2)c1C. The Kier molecular flexibility index (Phi) is 3.29. The van der Waals surface area contributed by atoms with Crippen molar-refractivity contribution in [3.05, 3.63) is 46.7 Å². The summed E-state index contributed by atoms with van der Waals surface area (Å²) in [5.74, 6) is 0.361. The van der Waals surface area contributed by atoms with Crippen LogP contribution < -0.4 is 11.1 Å². The Morgan fingerprint density at radius 3 is 2.47 bits per heavy atom. The molecule has 0 saturated heterocycles. The van der Waals surface area contributed by atoms with Gasteiger partial charge in [-0.2, -0.15) is 0 Å². The van der Waals surface area contributed by atoms with Crippen molar-refractivity contribution in [2.45, 2.75) is 20.8 Å². The number of rotatable bonds is 2. The normalized spacial score (nSPS) is 10.5. The highest BCUT2D eigenvalue weighted by atomic mass is 19.1. The van der Waals surface area contributed by atoms with Crippen molar-refractivity contribution in [1.82, 2.24) is 0 Å². The first-order valence-corrected chi connectivity index (χ1v) is 5.83. The number of nitrogens with one attached hydrogen (secondary N) is 1. The molecule has 3 N–H and O–H groups in total. The molecule has 1 amide bonds. The first-order valence-electron chi connectivity index (χ1n) is 5.83. The standard InChI is InChI=1S/C14H15FN2O2/c1-7-8(2)19-9(3)13(7)14(18)17-10-4-5-12(16)11(15)6-10/h4-6H,16H2,1-3H3,(H,17,18). The number of carbonyl (C=O) groups is 1. The number of nitrogens with two attached hydrogens (primary N) is 1. The fourth-order valence-electron chi connectivity index (χ4n) is 1.93. The van der Waals surface area contributed by atoms with Gasteiger partial charge in [0.2, 0.25) is 0 Å². The van der Waals surface area contributed by atoms with Crippen LogP contribution in [-0.2, 0) is 0 Å². The summed E-state index contributed by atoms with van der Waals surface area (Å²) in [6.45, 7) is 5.32. The lowest BCUT2D eigenvalue weighted by atomic mass is 10.1. The molecule has 19 heavy (non-hydrogen) atoms. The quantitative estimate of drug-likeness (QED) is 0.817. The average Bonchev–Trinajstić information content (AvgIpc) is 2.58. The van der Waals surface area contributed by atoms with Gasteiger partial charge in [-0.3, -0.25) is 4.79 Å². The molecule has 0 atom stereocenters. The molecule has 0 bridgehead atoms. The van der Waals surface area contributed by atoms with Crippen LogP contribution in [-0.4, -0.2) is 5.91 Å². The van der Waals surface area contributed by atoms with Gasteiger partial charge in [-0.1, -0.05) is 0 Å². The van der Waals surface area contributed by atoms with Crippen LogP contribution in [0.4, 0.5) is 15.8 Å². The van der Waals surface area contributed by atoms with Gasteiger partial charge in [-0.25, -0.2) is 4.39 Å². The van der Waals surface area contributed by atoms with Crippen molar-refractivity contribution in [2.24, 2.45) is 0 Å². The number of aryl methyl sites for hydroxylation is 2. The topological polar surface area (TPSA) is 68.3 Å². The smallest absolute Gasteiger partial charge is 0.259 e. The molecule has 0 radical (unpaired) electrons. The zero-order chi connectivity index (χ0) is 14.2. The van der Waals surface area contributed by atoms with E-state index < -0.39 is 5.82 Å². The van der Waals surface area contributed by atoms with E-state index in [0.717, 1.165) is 5.56 Å². The number of nitrogen functional groups attached to an aromatic ring is 1. The number of halogens is 1. The Morgan fingerprint density at radius 2 is 1.95 bits per heavy atom. The summed E-state index contributed by atoms with van der Waals surface area (Å²) in [7, 11) is 0. The highest BCUT2D eigenvalue weighted by Crippen LogP contribution is 2.23. The minimum Gasteiger partial charge on any atom is -0.466 e. The van der Waals surface area contributed by atoms with Crippen molar-refractivity contribution in [3.63, 3.8) is 0 Å². The highest BCUT2D eigenvalue weighted by molar-refractivity contribution is 6.06. The predicted molar refractivity (Wildman–Crippen MR) is 71.7 cm³/mol. The van der Waals surface area contributed by atoms with E-state index in [1.165, 1.54) is 12.1 Å². The molecular formula is C14H15FN2O2. The van der Waals surface area contributed by atoms with Crippen LogP contribution in [0.1, 0.15) is 27.4 Å². The zero-order valence-electron chi connectivity index (χ0n) is 11.0. The molecular weight excluding hydrogens is 247 g/mol. The summed E-state index contributed by atoms with van der Waals surface area (Å²) in [6, 6.07) is 4.14. The number of anilines is 2. The number of benzene rings is 1. The fraction of sp³-hybridized carbons (Fsp3) is 0.214. The van der Waals surface area contributed by atoms with Crippen molar-refractivity contribution >= 4 is 17.3 Å². The minimum absolute atomic E-state index is 0.0458. The Labute approximate surface area is 110 Å². The Balaban J connectivity index is 2.28. The molecule has 0 aliphatic rings. The van der Waals surface area contributed by atoms with Crippen LogP contribution in [0.5, 0.6) is 0 Å². The van der Waals surface area contributed by atoms with Crippen molar-refractivity contribution < 1.29 is 13.6 Å². The largest absolute Gasteiger partial charge is 0.466 e. The summed E-state index contributed by atoms with van der Waals surface area (Å²) < 4.78 is 18.7. The van der Waals surface area contributed by atoms with Crippen LogP contribution in [0.3, 0.4) is 0 Å². The van der Waals surface area contributed by atoms with Crippen molar-refractivity contribution in [1.29, 1.82) is 0 Å². The van der Waals surface area contributed by atoms with Crippen LogP contribution in [0.25, 0.3) is 0 Å². The Bertz CT molecular complexity index is 647. The number of hydrogen-bond donors (Lipinski definition) is 2. The van der Waals surface area contributed by atoms with E-state index >= 15 is 0 Å². The molecule has 0 spiro atoms. The van der Waals surface area contributed by atoms with E-state index in [9.17, 15) is 9.18 Å². The summed E-state index contributed by atoms with van der Waals surface area (Å²) in [6.07, 6.45) is 0. The van der Waals surface area contributed by atoms with Gasteiger partial charge in [-0.15, -0.1) is 0 Å². The third kappa shape index (κ3) is 2.45. The average molecular weight is 262 g/mol. The molecule has 1 heterocycles. The third-order valence-electron chi connectivity index (χ3n) is 3.05. The molecule has 2 rings (SSSR count). The molecule has 0 unspecified atom stereocenters. The van der Waals surface area contributed by atoms with Gasteiger partial charge in [0.05, 0.1) is 11.3 Å². The molecule has 0 saturated carbocycles. The second-order valence-electron chi connectivity index (χ2n) is 4.40. The van der Waals surface area contributed by atoms with Crippen LogP contribution in [0.15, 0.2) is 22.6 Å². The number of amides is 1. The summed E-state index contributed by atoms with van der Waals surface area (Å²) in [5.41, 5.74) is 7.05. The fourth-order valence-corrected chi connectivity index (χ4v) is 1.93. The molecule has 0 fully saturated rings. The molecule has 5 heteroatoms. The lowest BCUT2D eigenvalue weighted by molar-refractivity contribution is 0.102. The van der Waals surface area contributed by atoms with Gasteiger partial charge in [0.25, 0.3) is 5.91 Å². The van der Waals surface area contributed by atoms with Crippen LogP contribution in [0.2, 0.25) is 0 Å². The van der Waals surface area contributed by atoms with Gasteiger partial charge >= 0.3 is 0 Å². The van der Waals surface area contributed by atoms with Gasteiger partial charge in [0.1, 0.15) is 17.3 Å². The monoisotopic (exact) mass is 262 g/mol. The van der Waals surface area contributed by atoms with E-state index in [0.29, 0.717) is 22.8 Å².